The fraction of sp³-hybridized carbons (Fsp3) is 0.500. The number of hydrogen-bond acceptors (Lipinski definition) is 5. The SMILES string of the molecule is Cc1ccc([N+](=O)[O-])c(NC2CCCC2C(=O)O)n1. The van der Waals surface area contributed by atoms with E-state index >= 15 is 0 Å². The van der Waals surface area contributed by atoms with Crippen molar-refractivity contribution >= 4 is 17.5 Å². The molecular weight excluding hydrogens is 250 g/mol. The number of carbonyl (C=O) groups is 1. The number of nitrogens with one attached hydrogen (secondary N) is 1. The topological polar surface area (TPSA) is 105 Å². The lowest BCUT2D eigenvalue weighted by atomic mass is 10.0. The number of nitro groups is 1. The number of carboxylic acid groups (broad SMARTS) is 1. The first-order valence-electron chi connectivity index (χ1n) is 6.10. The summed E-state index contributed by atoms with van der Waals surface area (Å²) in [4.78, 5) is 25.6. The van der Waals surface area contributed by atoms with Crippen LogP contribution in [0.4, 0.5) is 11.5 Å². The Kier molecular flexibility index (Phi) is 3.64. The molecule has 1 aromatic rings. The molecule has 0 saturated heterocycles. The van der Waals surface area contributed by atoms with Crippen molar-refractivity contribution in [1.82, 2.24) is 4.98 Å². The fourth-order valence-corrected chi connectivity index (χ4v) is 2.41. The molecule has 0 aromatic carbocycles. The Morgan fingerprint density at radius 3 is 2.89 bits per heavy atom. The number of nitrogens with zero attached hydrogens (tertiary/aromatic N) is 2. The van der Waals surface area contributed by atoms with Crippen LogP contribution in [0.3, 0.4) is 0 Å². The summed E-state index contributed by atoms with van der Waals surface area (Å²) in [6.45, 7) is 1.73. The molecule has 0 aliphatic heterocycles. The van der Waals surface area contributed by atoms with Gasteiger partial charge in [-0.25, -0.2) is 4.98 Å². The van der Waals surface area contributed by atoms with Gasteiger partial charge in [-0.1, -0.05) is 6.42 Å². The third-order valence-electron chi connectivity index (χ3n) is 3.37. The molecule has 1 fully saturated rings. The number of pyridine rings is 1. The lowest BCUT2D eigenvalue weighted by molar-refractivity contribution is -0.384. The second-order valence-corrected chi connectivity index (χ2v) is 4.70. The summed E-state index contributed by atoms with van der Waals surface area (Å²) < 4.78 is 0. The zero-order chi connectivity index (χ0) is 14.0. The van der Waals surface area contributed by atoms with Crippen molar-refractivity contribution in [3.63, 3.8) is 0 Å². The van der Waals surface area contributed by atoms with Gasteiger partial charge < -0.3 is 10.4 Å². The first kappa shape index (κ1) is 13.3. The van der Waals surface area contributed by atoms with Crippen LogP contribution >= 0.6 is 0 Å². The van der Waals surface area contributed by atoms with Crippen LogP contribution in [0.15, 0.2) is 12.1 Å². The molecule has 2 atom stereocenters. The molecule has 1 saturated carbocycles. The van der Waals surface area contributed by atoms with Gasteiger partial charge in [-0.2, -0.15) is 0 Å². The van der Waals surface area contributed by atoms with E-state index in [9.17, 15) is 14.9 Å². The van der Waals surface area contributed by atoms with Gasteiger partial charge in [0.25, 0.3) is 0 Å². The van der Waals surface area contributed by atoms with Gasteiger partial charge in [-0.15, -0.1) is 0 Å². The predicted octanol–water partition coefficient (Wildman–Crippen LogP) is 1.96. The van der Waals surface area contributed by atoms with Crippen LogP contribution in [0, 0.1) is 23.0 Å². The largest absolute Gasteiger partial charge is 0.481 e. The van der Waals surface area contributed by atoms with Crippen molar-refractivity contribution in [1.29, 1.82) is 0 Å². The maximum absolute atomic E-state index is 11.1. The fourth-order valence-electron chi connectivity index (χ4n) is 2.41. The summed E-state index contributed by atoms with van der Waals surface area (Å²) in [5, 5.41) is 23.0. The lowest BCUT2D eigenvalue weighted by Crippen LogP contribution is -2.30. The molecule has 7 nitrogen and oxygen atoms in total. The van der Waals surface area contributed by atoms with Gasteiger partial charge in [-0.3, -0.25) is 14.9 Å². The average Bonchev–Trinajstić information content (AvgIpc) is 2.76. The number of aryl methyl sites for hydroxylation is 1. The molecule has 1 heterocycles. The minimum absolute atomic E-state index is 0.123. The first-order valence-corrected chi connectivity index (χ1v) is 6.10. The van der Waals surface area contributed by atoms with Crippen molar-refractivity contribution in [2.24, 2.45) is 5.92 Å². The number of aliphatic carboxylic acids is 1. The van der Waals surface area contributed by atoms with Crippen LogP contribution in [-0.4, -0.2) is 27.0 Å². The molecule has 0 bridgehead atoms. The van der Waals surface area contributed by atoms with Crippen molar-refractivity contribution in [2.45, 2.75) is 32.2 Å². The van der Waals surface area contributed by atoms with Crippen molar-refractivity contribution in [2.75, 3.05) is 5.32 Å². The molecule has 102 valence electrons. The Morgan fingerprint density at radius 1 is 1.53 bits per heavy atom. The van der Waals surface area contributed by atoms with E-state index in [0.29, 0.717) is 18.5 Å². The molecule has 2 N–H and O–H groups in total. The van der Waals surface area contributed by atoms with Crippen LogP contribution < -0.4 is 5.32 Å². The number of carboxylic acids is 1. The Labute approximate surface area is 109 Å². The molecule has 1 aliphatic rings. The lowest BCUT2D eigenvalue weighted by Gasteiger charge is -2.18. The highest BCUT2D eigenvalue weighted by Crippen LogP contribution is 2.31. The molecule has 0 amide bonds. The number of rotatable bonds is 4. The Morgan fingerprint density at radius 2 is 2.26 bits per heavy atom. The zero-order valence-corrected chi connectivity index (χ0v) is 10.5. The Hall–Kier alpha value is -2.18. The average molecular weight is 265 g/mol. The molecule has 2 unspecified atom stereocenters. The van der Waals surface area contributed by atoms with E-state index < -0.39 is 16.8 Å². The minimum Gasteiger partial charge on any atom is -0.481 e. The number of hydrogen-bond donors (Lipinski definition) is 2. The Bertz CT molecular complexity index is 518. The maximum Gasteiger partial charge on any atom is 0.311 e. The molecule has 19 heavy (non-hydrogen) atoms. The highest BCUT2D eigenvalue weighted by Gasteiger charge is 2.34. The number of aromatic nitrogens is 1. The van der Waals surface area contributed by atoms with Gasteiger partial charge in [0.05, 0.1) is 10.8 Å². The standard InChI is InChI=1S/C12H15N3O4/c1-7-5-6-10(15(18)19)11(13-7)14-9-4-2-3-8(9)12(16)17/h5-6,8-9H,2-4H2,1H3,(H,13,14)(H,16,17). The van der Waals surface area contributed by atoms with Gasteiger partial charge in [0, 0.05) is 17.8 Å². The highest BCUT2D eigenvalue weighted by molar-refractivity contribution is 5.72. The van der Waals surface area contributed by atoms with E-state index in [-0.39, 0.29) is 17.5 Å². The molecule has 0 spiro atoms. The Balaban J connectivity index is 2.25. The van der Waals surface area contributed by atoms with Gasteiger partial charge in [0.1, 0.15) is 0 Å². The van der Waals surface area contributed by atoms with Crippen LogP contribution in [0.2, 0.25) is 0 Å². The summed E-state index contributed by atoms with van der Waals surface area (Å²) in [6.07, 6.45) is 2.07. The van der Waals surface area contributed by atoms with Crippen LogP contribution in [-0.2, 0) is 4.79 Å². The van der Waals surface area contributed by atoms with E-state index in [2.05, 4.69) is 10.3 Å². The molecule has 7 heteroatoms. The van der Waals surface area contributed by atoms with Crippen molar-refractivity contribution < 1.29 is 14.8 Å². The maximum atomic E-state index is 11.1. The molecular formula is C12H15N3O4. The third kappa shape index (κ3) is 2.81. The van der Waals surface area contributed by atoms with E-state index in [1.807, 2.05) is 0 Å². The third-order valence-corrected chi connectivity index (χ3v) is 3.37. The van der Waals surface area contributed by atoms with E-state index in [0.717, 1.165) is 6.42 Å². The van der Waals surface area contributed by atoms with E-state index in [4.69, 9.17) is 5.11 Å². The summed E-state index contributed by atoms with van der Waals surface area (Å²) in [6, 6.07) is 2.65. The van der Waals surface area contributed by atoms with Crippen molar-refractivity contribution in [3.05, 3.63) is 27.9 Å². The van der Waals surface area contributed by atoms with Crippen molar-refractivity contribution in [3.8, 4) is 0 Å². The second kappa shape index (κ2) is 5.21. The van der Waals surface area contributed by atoms with Gasteiger partial charge in [-0.05, 0) is 25.8 Å². The molecule has 0 radical (unpaired) electrons. The minimum atomic E-state index is -0.870. The van der Waals surface area contributed by atoms with Crippen LogP contribution in [0.1, 0.15) is 25.0 Å². The van der Waals surface area contributed by atoms with Crippen LogP contribution in [0.25, 0.3) is 0 Å². The molecule has 1 aliphatic carbocycles. The first-order chi connectivity index (χ1) is 8.99. The summed E-state index contributed by atoms with van der Waals surface area (Å²) >= 11 is 0. The summed E-state index contributed by atoms with van der Waals surface area (Å²) in [5.41, 5.74) is 0.527. The normalized spacial score (nSPS) is 22.2. The van der Waals surface area contributed by atoms with Crippen LogP contribution in [0.5, 0.6) is 0 Å². The number of anilines is 1. The van der Waals surface area contributed by atoms with Gasteiger partial charge in [0.2, 0.25) is 5.82 Å². The molecule has 1 aromatic heterocycles. The van der Waals surface area contributed by atoms with E-state index in [1.54, 1.807) is 13.0 Å². The quantitative estimate of drug-likeness (QED) is 0.636. The molecule has 2 rings (SSSR count). The second-order valence-electron chi connectivity index (χ2n) is 4.70. The summed E-state index contributed by atoms with van der Waals surface area (Å²) in [5.74, 6) is -1.23. The predicted molar refractivity (Wildman–Crippen MR) is 68.0 cm³/mol. The monoisotopic (exact) mass is 265 g/mol. The summed E-state index contributed by atoms with van der Waals surface area (Å²) in [7, 11) is 0. The zero-order valence-electron chi connectivity index (χ0n) is 10.5. The van der Waals surface area contributed by atoms with Gasteiger partial charge in [0.15, 0.2) is 0 Å². The van der Waals surface area contributed by atoms with E-state index in [1.165, 1.54) is 6.07 Å². The highest BCUT2D eigenvalue weighted by atomic mass is 16.6. The van der Waals surface area contributed by atoms with Gasteiger partial charge >= 0.3 is 11.7 Å². The smallest absolute Gasteiger partial charge is 0.311 e.